The first-order valence-corrected chi connectivity index (χ1v) is 6.18. The zero-order chi connectivity index (χ0) is 11.7. The first kappa shape index (κ1) is 10.7. The molecule has 6 nitrogen and oxygen atoms in total. The summed E-state index contributed by atoms with van der Waals surface area (Å²) in [6.45, 7) is 0.907. The topological polar surface area (TPSA) is 68.0 Å². The van der Waals surface area contributed by atoms with Crippen LogP contribution in [0.2, 0.25) is 0 Å². The Hall–Kier alpha value is -1.43. The van der Waals surface area contributed by atoms with Gasteiger partial charge >= 0.3 is 0 Å². The number of rotatable bonds is 3. The van der Waals surface area contributed by atoms with Gasteiger partial charge in [0.05, 0.1) is 0 Å². The molecule has 2 atom stereocenters. The molecule has 1 aliphatic rings. The standard InChI is InChI=1S/C10H13ClN6/c11-8-2-1-7(5-8)6-12-9-3-4-10-13-15-16-17(10)14-9/h3-4,7-8H,1-2,5-6H2,(H,12,14). The van der Waals surface area contributed by atoms with Crippen LogP contribution in [-0.2, 0) is 0 Å². The van der Waals surface area contributed by atoms with Crippen molar-refractivity contribution in [3.8, 4) is 0 Å². The number of hydrogen-bond acceptors (Lipinski definition) is 5. The van der Waals surface area contributed by atoms with Crippen molar-refractivity contribution in [2.45, 2.75) is 24.6 Å². The summed E-state index contributed by atoms with van der Waals surface area (Å²) in [5.41, 5.74) is 0.650. The van der Waals surface area contributed by atoms with Gasteiger partial charge in [-0.1, -0.05) is 0 Å². The molecule has 0 bridgehead atoms. The molecule has 17 heavy (non-hydrogen) atoms. The number of fused-ring (bicyclic) bond motifs is 1. The van der Waals surface area contributed by atoms with Crippen LogP contribution in [0.5, 0.6) is 0 Å². The van der Waals surface area contributed by atoms with Crippen molar-refractivity contribution >= 4 is 23.1 Å². The van der Waals surface area contributed by atoms with Gasteiger partial charge in [-0.15, -0.1) is 26.4 Å². The fourth-order valence-corrected chi connectivity index (χ4v) is 2.57. The number of aromatic nitrogens is 5. The van der Waals surface area contributed by atoms with E-state index in [1.165, 1.54) is 11.1 Å². The van der Waals surface area contributed by atoms with E-state index in [4.69, 9.17) is 11.6 Å². The van der Waals surface area contributed by atoms with Crippen LogP contribution in [0, 0.1) is 5.92 Å². The van der Waals surface area contributed by atoms with Crippen molar-refractivity contribution in [2.24, 2.45) is 5.92 Å². The maximum Gasteiger partial charge on any atom is 0.200 e. The van der Waals surface area contributed by atoms with Crippen LogP contribution in [0.15, 0.2) is 12.1 Å². The molecule has 0 spiro atoms. The zero-order valence-corrected chi connectivity index (χ0v) is 10.0. The Morgan fingerprint density at radius 1 is 1.41 bits per heavy atom. The van der Waals surface area contributed by atoms with E-state index in [9.17, 15) is 0 Å². The molecule has 2 heterocycles. The lowest BCUT2D eigenvalue weighted by Crippen LogP contribution is -2.13. The highest BCUT2D eigenvalue weighted by Gasteiger charge is 2.22. The number of anilines is 1. The SMILES string of the molecule is ClC1CCC(CNc2ccc3nnnn3n2)C1. The van der Waals surface area contributed by atoms with Crippen molar-refractivity contribution in [1.82, 2.24) is 25.3 Å². The summed E-state index contributed by atoms with van der Waals surface area (Å²) in [5.74, 6) is 1.44. The van der Waals surface area contributed by atoms with Gasteiger partial charge in [-0.3, -0.25) is 0 Å². The van der Waals surface area contributed by atoms with Gasteiger partial charge in [0.1, 0.15) is 5.82 Å². The average molecular weight is 253 g/mol. The first-order chi connectivity index (χ1) is 8.31. The van der Waals surface area contributed by atoms with Crippen LogP contribution in [0.4, 0.5) is 5.82 Å². The smallest absolute Gasteiger partial charge is 0.200 e. The molecule has 2 aromatic rings. The number of halogens is 1. The predicted molar refractivity (Wildman–Crippen MR) is 64.0 cm³/mol. The van der Waals surface area contributed by atoms with Gasteiger partial charge in [-0.05, 0) is 47.7 Å². The Balaban J connectivity index is 1.64. The minimum absolute atomic E-state index is 0.344. The fourth-order valence-electron chi connectivity index (χ4n) is 2.19. The maximum atomic E-state index is 6.08. The van der Waals surface area contributed by atoms with E-state index in [1.54, 1.807) is 0 Å². The average Bonchev–Trinajstić information content (AvgIpc) is 2.94. The summed E-state index contributed by atoms with van der Waals surface area (Å²) in [7, 11) is 0. The van der Waals surface area contributed by atoms with E-state index >= 15 is 0 Å². The third-order valence-corrected chi connectivity index (χ3v) is 3.52. The van der Waals surface area contributed by atoms with Gasteiger partial charge in [0.2, 0.25) is 0 Å². The molecule has 1 aliphatic carbocycles. The van der Waals surface area contributed by atoms with Crippen molar-refractivity contribution in [1.29, 1.82) is 0 Å². The molecular weight excluding hydrogens is 240 g/mol. The van der Waals surface area contributed by atoms with Crippen molar-refractivity contribution in [3.63, 3.8) is 0 Å². The van der Waals surface area contributed by atoms with E-state index in [1.807, 2.05) is 12.1 Å². The highest BCUT2D eigenvalue weighted by molar-refractivity contribution is 6.20. The van der Waals surface area contributed by atoms with Crippen LogP contribution in [0.25, 0.3) is 5.65 Å². The lowest BCUT2D eigenvalue weighted by atomic mass is 10.1. The summed E-state index contributed by atoms with van der Waals surface area (Å²) in [5, 5.41) is 19.0. The van der Waals surface area contributed by atoms with Gasteiger partial charge in [0.25, 0.3) is 0 Å². The molecule has 1 fully saturated rings. The van der Waals surface area contributed by atoms with Crippen LogP contribution in [0.1, 0.15) is 19.3 Å². The van der Waals surface area contributed by atoms with E-state index in [2.05, 4.69) is 25.9 Å². The van der Waals surface area contributed by atoms with E-state index in [0.717, 1.165) is 25.2 Å². The minimum atomic E-state index is 0.344. The summed E-state index contributed by atoms with van der Waals surface area (Å²) in [6, 6.07) is 3.73. The molecule has 2 unspecified atom stereocenters. The second kappa shape index (κ2) is 4.44. The molecule has 3 rings (SSSR count). The Labute approximate surface area is 103 Å². The van der Waals surface area contributed by atoms with Crippen molar-refractivity contribution < 1.29 is 0 Å². The van der Waals surface area contributed by atoms with Gasteiger partial charge in [-0.2, -0.15) is 0 Å². The summed E-state index contributed by atoms with van der Waals surface area (Å²) >= 11 is 6.08. The number of nitrogens with one attached hydrogen (secondary N) is 1. The number of nitrogens with zero attached hydrogens (tertiary/aromatic N) is 5. The van der Waals surface area contributed by atoms with Crippen LogP contribution in [-0.4, -0.2) is 37.2 Å². The molecule has 1 saturated carbocycles. The molecule has 0 radical (unpaired) electrons. The normalized spacial score (nSPS) is 24.3. The molecule has 0 aromatic carbocycles. The number of tetrazole rings is 1. The van der Waals surface area contributed by atoms with Crippen LogP contribution >= 0.6 is 11.6 Å². The van der Waals surface area contributed by atoms with E-state index < -0.39 is 0 Å². The predicted octanol–water partition coefficient (Wildman–Crippen LogP) is 1.34. The summed E-state index contributed by atoms with van der Waals surface area (Å²) in [6.07, 6.45) is 3.39. The van der Waals surface area contributed by atoms with E-state index in [0.29, 0.717) is 16.9 Å². The number of alkyl halides is 1. The molecular formula is C10H13ClN6. The lowest BCUT2D eigenvalue weighted by Gasteiger charge is -2.10. The fraction of sp³-hybridized carbons (Fsp3) is 0.600. The Bertz CT molecular complexity index is 512. The molecule has 0 saturated heterocycles. The maximum absolute atomic E-state index is 6.08. The first-order valence-electron chi connectivity index (χ1n) is 5.74. The highest BCUT2D eigenvalue weighted by Crippen LogP contribution is 2.29. The second-order valence-corrected chi connectivity index (χ2v) is 5.02. The summed E-state index contributed by atoms with van der Waals surface area (Å²) < 4.78 is 1.42. The zero-order valence-electron chi connectivity index (χ0n) is 9.25. The minimum Gasteiger partial charge on any atom is -0.368 e. The van der Waals surface area contributed by atoms with E-state index in [-0.39, 0.29) is 0 Å². The monoisotopic (exact) mass is 252 g/mol. The van der Waals surface area contributed by atoms with Crippen LogP contribution < -0.4 is 5.32 Å². The second-order valence-electron chi connectivity index (χ2n) is 4.40. The Kier molecular flexibility index (Phi) is 2.80. The van der Waals surface area contributed by atoms with Crippen molar-refractivity contribution in [3.05, 3.63) is 12.1 Å². The number of hydrogen-bond donors (Lipinski definition) is 1. The third kappa shape index (κ3) is 2.31. The van der Waals surface area contributed by atoms with Gasteiger partial charge in [0.15, 0.2) is 5.65 Å². The third-order valence-electron chi connectivity index (χ3n) is 3.12. The van der Waals surface area contributed by atoms with Crippen LogP contribution in [0.3, 0.4) is 0 Å². The molecule has 7 heteroatoms. The highest BCUT2D eigenvalue weighted by atomic mass is 35.5. The van der Waals surface area contributed by atoms with Gasteiger partial charge < -0.3 is 5.32 Å². The molecule has 0 aliphatic heterocycles. The lowest BCUT2D eigenvalue weighted by molar-refractivity contribution is 0.578. The van der Waals surface area contributed by atoms with Gasteiger partial charge in [0, 0.05) is 11.9 Å². The summed E-state index contributed by atoms with van der Waals surface area (Å²) in [4.78, 5) is 0. The quantitative estimate of drug-likeness (QED) is 0.835. The van der Waals surface area contributed by atoms with Crippen molar-refractivity contribution in [2.75, 3.05) is 11.9 Å². The molecule has 90 valence electrons. The molecule has 2 aromatic heterocycles. The molecule has 1 N–H and O–H groups in total. The Morgan fingerprint density at radius 3 is 3.18 bits per heavy atom. The Morgan fingerprint density at radius 2 is 2.35 bits per heavy atom. The van der Waals surface area contributed by atoms with Gasteiger partial charge in [-0.25, -0.2) is 0 Å². The largest absolute Gasteiger partial charge is 0.368 e. The molecule has 0 amide bonds.